The molecule has 0 saturated carbocycles. The van der Waals surface area contributed by atoms with Crippen LogP contribution in [0.2, 0.25) is 0 Å². The van der Waals surface area contributed by atoms with E-state index in [-0.39, 0.29) is 6.04 Å². The van der Waals surface area contributed by atoms with Gasteiger partial charge in [-0.3, -0.25) is 0 Å². The number of ether oxygens (including phenoxy) is 3. The molecule has 23 heavy (non-hydrogen) atoms. The number of hydrogen-bond acceptors (Lipinski definition) is 4. The number of fused-ring (bicyclic) bond motifs is 4. The van der Waals surface area contributed by atoms with E-state index in [9.17, 15) is 0 Å². The number of rotatable bonds is 6. The molecule has 3 rings (SSSR count). The molecule has 5 nitrogen and oxygen atoms in total. The van der Waals surface area contributed by atoms with Crippen LogP contribution in [0.4, 0.5) is 0 Å². The minimum Gasteiger partial charge on any atom is -0.490 e. The van der Waals surface area contributed by atoms with Gasteiger partial charge in [0.2, 0.25) is 0 Å². The van der Waals surface area contributed by atoms with E-state index in [4.69, 9.17) is 26.4 Å². The Hall–Kier alpha value is -1.53. The summed E-state index contributed by atoms with van der Waals surface area (Å²) in [5.74, 6) is 1.63. The van der Waals surface area contributed by atoms with Crippen LogP contribution in [0.25, 0.3) is 0 Å². The number of nitrogens with one attached hydrogen (secondary N) is 1. The summed E-state index contributed by atoms with van der Waals surface area (Å²) in [4.78, 5) is 2.13. The molecule has 0 spiro atoms. The normalized spacial score (nSPS) is 25.4. The summed E-state index contributed by atoms with van der Waals surface area (Å²) in [5, 5.41) is 4.20. The molecule has 1 aromatic carbocycles. The molecule has 0 radical (unpaired) electrons. The van der Waals surface area contributed by atoms with Crippen molar-refractivity contribution in [2.45, 2.75) is 38.5 Å². The number of methoxy groups -OCH3 is 1. The first-order valence-corrected chi connectivity index (χ1v) is 8.51. The van der Waals surface area contributed by atoms with Gasteiger partial charge in [0.05, 0.1) is 12.6 Å². The summed E-state index contributed by atoms with van der Waals surface area (Å²) >= 11 is 5.58. The first-order chi connectivity index (χ1) is 11.1. The van der Waals surface area contributed by atoms with Gasteiger partial charge >= 0.3 is 0 Å². The maximum atomic E-state index is 6.42. The third-order valence-electron chi connectivity index (χ3n) is 4.43. The van der Waals surface area contributed by atoms with Crippen LogP contribution in [0.3, 0.4) is 0 Å². The summed E-state index contributed by atoms with van der Waals surface area (Å²) in [5.41, 5.74) is 0.660. The summed E-state index contributed by atoms with van der Waals surface area (Å²) in [6.45, 7) is 6.21. The molecular weight excluding hydrogens is 312 g/mol. The largest absolute Gasteiger partial charge is 0.490 e. The van der Waals surface area contributed by atoms with E-state index in [0.717, 1.165) is 41.6 Å². The summed E-state index contributed by atoms with van der Waals surface area (Å²) in [7, 11) is 1.71. The van der Waals surface area contributed by atoms with Crippen molar-refractivity contribution in [1.82, 2.24) is 10.2 Å². The third kappa shape index (κ3) is 2.97. The number of para-hydroxylation sites is 1. The van der Waals surface area contributed by atoms with Crippen LogP contribution >= 0.6 is 12.2 Å². The van der Waals surface area contributed by atoms with Crippen LogP contribution in [0, 0.1) is 0 Å². The van der Waals surface area contributed by atoms with Crippen molar-refractivity contribution in [2.75, 3.05) is 26.9 Å². The van der Waals surface area contributed by atoms with Crippen LogP contribution in [0.1, 0.15) is 38.3 Å². The molecule has 1 fully saturated rings. The lowest BCUT2D eigenvalue weighted by atomic mass is 9.90. The molecule has 126 valence electrons. The molecule has 0 aromatic heterocycles. The monoisotopic (exact) mass is 336 g/mol. The molecule has 1 aromatic rings. The second-order valence-electron chi connectivity index (χ2n) is 6.09. The predicted octanol–water partition coefficient (Wildman–Crippen LogP) is 2.85. The van der Waals surface area contributed by atoms with Crippen molar-refractivity contribution in [3.63, 3.8) is 0 Å². The zero-order chi connectivity index (χ0) is 16.4. The van der Waals surface area contributed by atoms with E-state index < -0.39 is 5.72 Å². The highest BCUT2D eigenvalue weighted by atomic mass is 32.1. The average Bonchev–Trinajstić information content (AvgIpc) is 2.51. The molecule has 0 unspecified atom stereocenters. The topological polar surface area (TPSA) is 43.0 Å². The smallest absolute Gasteiger partial charge is 0.184 e. The second-order valence-corrected chi connectivity index (χ2v) is 6.48. The van der Waals surface area contributed by atoms with Gasteiger partial charge in [-0.2, -0.15) is 0 Å². The Bertz CT molecular complexity index is 595. The van der Waals surface area contributed by atoms with Crippen molar-refractivity contribution >= 4 is 17.3 Å². The van der Waals surface area contributed by atoms with Gasteiger partial charge in [-0.1, -0.05) is 12.1 Å². The van der Waals surface area contributed by atoms with Crippen molar-refractivity contribution in [3.05, 3.63) is 23.8 Å². The van der Waals surface area contributed by atoms with E-state index in [1.807, 2.05) is 19.1 Å². The summed E-state index contributed by atoms with van der Waals surface area (Å²) in [6.07, 6.45) is 1.75. The van der Waals surface area contributed by atoms with Gasteiger partial charge in [0, 0.05) is 32.2 Å². The van der Waals surface area contributed by atoms with Gasteiger partial charge in [0.25, 0.3) is 0 Å². The lowest BCUT2D eigenvalue weighted by Crippen LogP contribution is -2.64. The SMILES string of the molecule is CCOc1cccc2c1O[C@@]1(C)C[C@@H]2NC(=S)N1CCCOC. The molecule has 1 saturated heterocycles. The maximum absolute atomic E-state index is 6.42. The van der Waals surface area contributed by atoms with Crippen molar-refractivity contribution in [1.29, 1.82) is 0 Å². The zero-order valence-corrected chi connectivity index (χ0v) is 14.7. The summed E-state index contributed by atoms with van der Waals surface area (Å²) < 4.78 is 17.3. The van der Waals surface area contributed by atoms with Crippen molar-refractivity contribution in [3.8, 4) is 11.5 Å². The number of hydrogen-bond donors (Lipinski definition) is 1. The molecule has 0 amide bonds. The lowest BCUT2D eigenvalue weighted by molar-refractivity contribution is -0.0715. The van der Waals surface area contributed by atoms with Crippen molar-refractivity contribution in [2.24, 2.45) is 0 Å². The molecule has 6 heteroatoms. The molecule has 1 N–H and O–H groups in total. The average molecular weight is 336 g/mol. The molecule has 2 atom stereocenters. The van der Waals surface area contributed by atoms with Crippen LogP contribution in [0.5, 0.6) is 11.5 Å². The van der Waals surface area contributed by atoms with Crippen LogP contribution in [-0.4, -0.2) is 42.6 Å². The molecule has 2 heterocycles. The van der Waals surface area contributed by atoms with E-state index in [0.29, 0.717) is 13.2 Å². The fraction of sp³-hybridized carbons (Fsp3) is 0.588. The van der Waals surface area contributed by atoms with E-state index in [2.05, 4.69) is 23.2 Å². The third-order valence-corrected chi connectivity index (χ3v) is 4.77. The maximum Gasteiger partial charge on any atom is 0.184 e. The van der Waals surface area contributed by atoms with Gasteiger partial charge in [0.1, 0.15) is 0 Å². The molecule has 2 aliphatic heterocycles. The van der Waals surface area contributed by atoms with E-state index in [1.54, 1.807) is 7.11 Å². The lowest BCUT2D eigenvalue weighted by Gasteiger charge is -2.52. The predicted molar refractivity (Wildman–Crippen MR) is 92.9 cm³/mol. The van der Waals surface area contributed by atoms with Gasteiger partial charge in [-0.25, -0.2) is 0 Å². The Morgan fingerprint density at radius 2 is 2.30 bits per heavy atom. The second kappa shape index (κ2) is 6.53. The standard InChI is InChI=1S/C17H24N2O3S/c1-4-21-14-8-5-7-12-13-11-17(2,22-15(12)14)19(16(23)18-13)9-6-10-20-3/h5,7-8,13H,4,6,9-11H2,1-3H3,(H,18,23)/t13-,17-/m0/s1. The van der Waals surface area contributed by atoms with Crippen LogP contribution < -0.4 is 14.8 Å². The number of thiocarbonyl (C=S) groups is 1. The van der Waals surface area contributed by atoms with E-state index in [1.165, 1.54) is 0 Å². The summed E-state index contributed by atoms with van der Waals surface area (Å²) in [6, 6.07) is 6.21. The first-order valence-electron chi connectivity index (χ1n) is 8.11. The molecule has 2 aliphatic rings. The van der Waals surface area contributed by atoms with Crippen LogP contribution in [0.15, 0.2) is 18.2 Å². The molecule has 2 bridgehead atoms. The highest BCUT2D eigenvalue weighted by Gasteiger charge is 2.48. The Labute approximate surface area is 142 Å². The minimum atomic E-state index is -0.457. The zero-order valence-electron chi connectivity index (χ0n) is 13.9. The number of nitrogens with zero attached hydrogens (tertiary/aromatic N) is 1. The highest BCUT2D eigenvalue weighted by Crippen LogP contribution is 2.48. The van der Waals surface area contributed by atoms with E-state index >= 15 is 0 Å². The highest BCUT2D eigenvalue weighted by molar-refractivity contribution is 7.80. The Kier molecular flexibility index (Phi) is 4.64. The first kappa shape index (κ1) is 16.3. The van der Waals surface area contributed by atoms with Gasteiger partial charge in [0.15, 0.2) is 22.3 Å². The quantitative estimate of drug-likeness (QED) is 0.636. The Balaban J connectivity index is 1.91. The van der Waals surface area contributed by atoms with Crippen LogP contribution in [-0.2, 0) is 4.74 Å². The fourth-order valence-corrected chi connectivity index (χ4v) is 3.80. The molecule has 0 aliphatic carbocycles. The van der Waals surface area contributed by atoms with Gasteiger partial charge in [-0.05, 0) is 38.6 Å². The minimum absolute atomic E-state index is 0.162. The Morgan fingerprint density at radius 1 is 1.48 bits per heavy atom. The van der Waals surface area contributed by atoms with Gasteiger partial charge < -0.3 is 24.4 Å². The van der Waals surface area contributed by atoms with Gasteiger partial charge in [-0.15, -0.1) is 0 Å². The fourth-order valence-electron chi connectivity index (χ4n) is 3.38. The molecular formula is C17H24N2O3S. The van der Waals surface area contributed by atoms with Crippen molar-refractivity contribution < 1.29 is 14.2 Å². The number of benzene rings is 1. The Morgan fingerprint density at radius 3 is 3.04 bits per heavy atom.